The number of nitrogens with zero attached hydrogens (tertiary/aromatic N) is 2. The molecule has 0 aliphatic carbocycles. The fourth-order valence-corrected chi connectivity index (χ4v) is 5.62. The lowest BCUT2D eigenvalue weighted by Gasteiger charge is -2.18. The molecule has 0 atom stereocenters. The number of carbonyl (C=O) groups is 1. The number of amides is 1. The van der Waals surface area contributed by atoms with E-state index >= 15 is 0 Å². The first-order valence-electron chi connectivity index (χ1n) is 9.75. The summed E-state index contributed by atoms with van der Waals surface area (Å²) in [6.07, 6.45) is 2.63. The summed E-state index contributed by atoms with van der Waals surface area (Å²) in [6, 6.07) is 5.73. The van der Waals surface area contributed by atoms with Gasteiger partial charge >= 0.3 is 0 Å². The van der Waals surface area contributed by atoms with Gasteiger partial charge in [-0.05, 0) is 51.2 Å². The van der Waals surface area contributed by atoms with Crippen molar-refractivity contribution < 1.29 is 13.2 Å². The number of likely N-dealkylation sites (tertiary alicyclic amines) is 1. The summed E-state index contributed by atoms with van der Waals surface area (Å²) in [5.41, 5.74) is 3.93. The maximum atomic E-state index is 13.5. The molecular weight excluding hydrogens is 374 g/mol. The maximum Gasteiger partial charge on any atom is 0.264 e. The van der Waals surface area contributed by atoms with E-state index in [1.165, 1.54) is 0 Å². The van der Waals surface area contributed by atoms with E-state index < -0.39 is 10.0 Å². The van der Waals surface area contributed by atoms with Crippen LogP contribution in [0.15, 0.2) is 23.1 Å². The van der Waals surface area contributed by atoms with Crippen LogP contribution >= 0.6 is 0 Å². The smallest absolute Gasteiger partial charge is 0.264 e. The summed E-state index contributed by atoms with van der Waals surface area (Å²) >= 11 is 0. The van der Waals surface area contributed by atoms with Gasteiger partial charge in [0.1, 0.15) is 4.90 Å². The lowest BCUT2D eigenvalue weighted by atomic mass is 10.1. The first kappa shape index (κ1) is 20.5. The summed E-state index contributed by atoms with van der Waals surface area (Å²) < 4.78 is 31.5. The van der Waals surface area contributed by atoms with Gasteiger partial charge in [-0.3, -0.25) is 9.52 Å². The Morgan fingerprint density at radius 1 is 1.11 bits per heavy atom. The highest BCUT2D eigenvalue weighted by atomic mass is 32.2. The van der Waals surface area contributed by atoms with Crippen LogP contribution in [0.5, 0.6) is 0 Å². The summed E-state index contributed by atoms with van der Waals surface area (Å²) in [4.78, 5) is 15.0. The molecule has 1 aromatic carbocycles. The zero-order valence-electron chi connectivity index (χ0n) is 17.3. The molecule has 0 radical (unpaired) electrons. The van der Waals surface area contributed by atoms with Gasteiger partial charge in [0.2, 0.25) is 0 Å². The molecule has 0 spiro atoms. The van der Waals surface area contributed by atoms with E-state index in [4.69, 9.17) is 0 Å². The number of carbonyl (C=O) groups excluding carboxylic acids is 1. The molecule has 0 bridgehead atoms. The minimum atomic E-state index is -3.92. The fourth-order valence-electron chi connectivity index (χ4n) is 3.93. The van der Waals surface area contributed by atoms with Gasteiger partial charge < -0.3 is 9.47 Å². The van der Waals surface area contributed by atoms with Crippen molar-refractivity contribution in [2.75, 3.05) is 17.8 Å². The van der Waals surface area contributed by atoms with E-state index in [0.29, 0.717) is 42.1 Å². The Labute approximate surface area is 167 Å². The van der Waals surface area contributed by atoms with Gasteiger partial charge in [-0.15, -0.1) is 0 Å². The minimum absolute atomic E-state index is 0.0923. The molecule has 28 heavy (non-hydrogen) atoms. The number of rotatable bonds is 5. The summed E-state index contributed by atoms with van der Waals surface area (Å²) in [7, 11) is -2.12. The molecule has 6 nitrogen and oxygen atoms in total. The van der Waals surface area contributed by atoms with Gasteiger partial charge in [-0.1, -0.05) is 25.1 Å². The van der Waals surface area contributed by atoms with Gasteiger partial charge in [-0.2, -0.15) is 0 Å². The Hall–Kier alpha value is -2.28. The van der Waals surface area contributed by atoms with E-state index in [9.17, 15) is 13.2 Å². The van der Waals surface area contributed by atoms with E-state index in [2.05, 4.69) is 4.72 Å². The number of hydrogen-bond donors (Lipinski definition) is 1. The van der Waals surface area contributed by atoms with E-state index in [-0.39, 0.29) is 10.8 Å². The normalized spacial score (nSPS) is 14.5. The minimum Gasteiger partial charge on any atom is -0.350 e. The Bertz CT molecular complexity index is 1020. The van der Waals surface area contributed by atoms with Crippen molar-refractivity contribution in [3.8, 4) is 0 Å². The first-order chi connectivity index (χ1) is 13.2. The van der Waals surface area contributed by atoms with E-state index in [0.717, 1.165) is 24.0 Å². The molecule has 1 saturated heterocycles. The zero-order chi connectivity index (χ0) is 20.6. The van der Waals surface area contributed by atoms with Crippen LogP contribution in [0.3, 0.4) is 0 Å². The molecule has 3 rings (SSSR count). The predicted octanol–water partition coefficient (Wildman–Crippen LogP) is 3.55. The number of nitrogens with one attached hydrogen (secondary N) is 1. The second-order valence-corrected chi connectivity index (χ2v) is 9.12. The van der Waals surface area contributed by atoms with Crippen molar-refractivity contribution in [3.63, 3.8) is 0 Å². The van der Waals surface area contributed by atoms with Crippen LogP contribution in [0.4, 0.5) is 5.69 Å². The molecule has 2 heterocycles. The molecule has 1 aliphatic heterocycles. The Balaban J connectivity index is 2.12. The predicted molar refractivity (Wildman–Crippen MR) is 111 cm³/mol. The molecule has 152 valence electrons. The van der Waals surface area contributed by atoms with Crippen LogP contribution in [0.1, 0.15) is 52.6 Å². The number of para-hydroxylation sites is 1. The third-order valence-corrected chi connectivity index (χ3v) is 7.29. The second-order valence-electron chi connectivity index (χ2n) is 7.50. The van der Waals surface area contributed by atoms with Gasteiger partial charge in [0.05, 0.1) is 11.3 Å². The molecule has 1 N–H and O–H groups in total. The molecular formula is C21H29N3O3S. The summed E-state index contributed by atoms with van der Waals surface area (Å²) in [6.45, 7) is 8.79. The Morgan fingerprint density at radius 2 is 1.75 bits per heavy atom. The number of aromatic nitrogens is 1. The van der Waals surface area contributed by atoms with E-state index in [1.807, 2.05) is 32.0 Å². The zero-order valence-corrected chi connectivity index (χ0v) is 18.1. The molecule has 2 aromatic rings. The van der Waals surface area contributed by atoms with Crippen LogP contribution in [-0.2, 0) is 23.5 Å². The van der Waals surface area contributed by atoms with Crippen LogP contribution in [0.25, 0.3) is 0 Å². The number of aryl methyl sites for hydroxylation is 2. The molecule has 1 aromatic heterocycles. The topological polar surface area (TPSA) is 71.4 Å². The number of benzene rings is 1. The van der Waals surface area contributed by atoms with Crippen LogP contribution in [0.2, 0.25) is 0 Å². The summed E-state index contributed by atoms with van der Waals surface area (Å²) in [5.74, 6) is -0.195. The number of hydrogen-bond acceptors (Lipinski definition) is 3. The first-order valence-corrected chi connectivity index (χ1v) is 11.2. The second kappa shape index (κ2) is 7.62. The largest absolute Gasteiger partial charge is 0.350 e. The van der Waals surface area contributed by atoms with Crippen molar-refractivity contribution >= 4 is 21.6 Å². The Kier molecular flexibility index (Phi) is 5.57. The number of sulfonamides is 1. The average Bonchev–Trinajstić information content (AvgIpc) is 3.26. The highest BCUT2D eigenvalue weighted by Gasteiger charge is 2.34. The highest BCUT2D eigenvalue weighted by Crippen LogP contribution is 2.31. The molecule has 7 heteroatoms. The number of anilines is 1. The molecule has 0 unspecified atom stereocenters. The third kappa shape index (κ3) is 3.43. The van der Waals surface area contributed by atoms with Crippen LogP contribution < -0.4 is 4.72 Å². The van der Waals surface area contributed by atoms with E-state index in [1.54, 1.807) is 30.4 Å². The van der Waals surface area contributed by atoms with Crippen molar-refractivity contribution in [1.82, 2.24) is 9.47 Å². The quantitative estimate of drug-likeness (QED) is 0.830. The van der Waals surface area contributed by atoms with Crippen LogP contribution in [-0.4, -0.2) is 36.9 Å². The maximum absolute atomic E-state index is 13.5. The molecule has 1 fully saturated rings. The van der Waals surface area contributed by atoms with Crippen molar-refractivity contribution in [2.45, 2.75) is 51.9 Å². The standard InChI is InChI=1S/C21H29N3O3S/c1-6-17-11-9-10-14(2)19(17)22-28(26,27)20-16(4)23(5)15(3)18(20)21(25)24-12-7-8-13-24/h9-11,22H,6-8,12-13H2,1-5H3. The Morgan fingerprint density at radius 3 is 2.36 bits per heavy atom. The van der Waals surface area contributed by atoms with Crippen LogP contribution in [0, 0.1) is 20.8 Å². The average molecular weight is 404 g/mol. The lowest BCUT2D eigenvalue weighted by Crippen LogP contribution is -2.30. The third-order valence-electron chi connectivity index (χ3n) is 5.78. The van der Waals surface area contributed by atoms with Gasteiger partial charge in [-0.25, -0.2) is 8.42 Å². The van der Waals surface area contributed by atoms with Crippen molar-refractivity contribution in [3.05, 3.63) is 46.3 Å². The monoisotopic (exact) mass is 403 g/mol. The fraction of sp³-hybridized carbons (Fsp3) is 0.476. The van der Waals surface area contributed by atoms with Gasteiger partial charge in [0, 0.05) is 31.5 Å². The van der Waals surface area contributed by atoms with Crippen molar-refractivity contribution in [2.24, 2.45) is 7.05 Å². The molecule has 0 saturated carbocycles. The van der Waals surface area contributed by atoms with Gasteiger partial charge in [0.15, 0.2) is 0 Å². The molecule has 1 aliphatic rings. The molecule has 1 amide bonds. The SMILES string of the molecule is CCc1cccc(C)c1NS(=O)(=O)c1c(C(=O)N2CCCC2)c(C)n(C)c1C. The van der Waals surface area contributed by atoms with Gasteiger partial charge in [0.25, 0.3) is 15.9 Å². The lowest BCUT2D eigenvalue weighted by molar-refractivity contribution is 0.0788. The summed E-state index contributed by atoms with van der Waals surface area (Å²) in [5, 5.41) is 0. The highest BCUT2D eigenvalue weighted by molar-refractivity contribution is 7.92. The van der Waals surface area contributed by atoms with Crippen molar-refractivity contribution in [1.29, 1.82) is 0 Å².